The summed E-state index contributed by atoms with van der Waals surface area (Å²) in [6.45, 7) is 3.60. The van der Waals surface area contributed by atoms with Gasteiger partial charge in [-0.3, -0.25) is 0 Å². The first-order valence-electron chi connectivity index (χ1n) is 6.73. The van der Waals surface area contributed by atoms with Gasteiger partial charge in [-0.2, -0.15) is 0 Å². The lowest BCUT2D eigenvalue weighted by Crippen LogP contribution is -2.29. The summed E-state index contributed by atoms with van der Waals surface area (Å²) < 4.78 is 5.64. The highest BCUT2D eigenvalue weighted by Crippen LogP contribution is 2.22. The fraction of sp³-hybridized carbons (Fsp3) is 0.235. The van der Waals surface area contributed by atoms with Crippen LogP contribution < -0.4 is 4.74 Å². The van der Waals surface area contributed by atoms with Crippen LogP contribution in [0.3, 0.4) is 0 Å². The van der Waals surface area contributed by atoms with Gasteiger partial charge in [-0.05, 0) is 49.2 Å². The smallest absolute Gasteiger partial charge is 0.121 e. The number of hydrogen-bond donors (Lipinski definition) is 2. The second-order valence-electron chi connectivity index (χ2n) is 5.14. The summed E-state index contributed by atoms with van der Waals surface area (Å²) in [7, 11) is 0. The topological polar surface area (TPSA) is 62.1 Å². The monoisotopic (exact) mass is 285 g/mol. The van der Waals surface area contributed by atoms with E-state index in [2.05, 4.69) is 5.16 Å². The molecule has 110 valence electrons. The third-order valence-corrected chi connectivity index (χ3v) is 3.34. The summed E-state index contributed by atoms with van der Waals surface area (Å²) in [5.74, 6) is 0.653. The zero-order valence-electron chi connectivity index (χ0n) is 12.2. The first-order valence-corrected chi connectivity index (χ1v) is 6.73. The number of ether oxygens (including phenoxy) is 1. The van der Waals surface area contributed by atoms with Crippen molar-refractivity contribution in [1.29, 1.82) is 0 Å². The molecule has 4 nitrogen and oxygen atoms in total. The van der Waals surface area contributed by atoms with Crippen molar-refractivity contribution in [3.05, 3.63) is 65.7 Å². The maximum atomic E-state index is 10.5. The molecule has 0 amide bonds. The van der Waals surface area contributed by atoms with Gasteiger partial charge in [-0.1, -0.05) is 35.5 Å². The molecule has 0 aliphatic rings. The normalized spacial score (nSPS) is 14.5. The summed E-state index contributed by atoms with van der Waals surface area (Å²) in [5, 5.41) is 22.3. The third kappa shape index (κ3) is 3.83. The van der Waals surface area contributed by atoms with E-state index >= 15 is 0 Å². The van der Waals surface area contributed by atoms with Crippen molar-refractivity contribution < 1.29 is 15.1 Å². The Morgan fingerprint density at radius 3 is 2.29 bits per heavy atom. The fourth-order valence-electron chi connectivity index (χ4n) is 1.95. The summed E-state index contributed by atoms with van der Waals surface area (Å²) in [6.07, 6.45) is 0. The maximum absolute atomic E-state index is 10.5. The van der Waals surface area contributed by atoms with Gasteiger partial charge in [-0.25, -0.2) is 0 Å². The highest BCUT2D eigenvalue weighted by molar-refractivity contribution is 5.98. The summed E-state index contributed by atoms with van der Waals surface area (Å²) in [5.41, 5.74) is 1.12. The standard InChI is InChI=1S/C17H19NO3/c1-13(18-20)14-8-10-16(11-9-14)21-12-17(2,19)15-6-4-3-5-7-15/h3-11,19-20H,12H2,1-2H3. The minimum atomic E-state index is -1.05. The van der Waals surface area contributed by atoms with E-state index in [1.54, 1.807) is 26.0 Å². The zero-order valence-corrected chi connectivity index (χ0v) is 12.2. The van der Waals surface area contributed by atoms with Crippen molar-refractivity contribution in [2.24, 2.45) is 5.16 Å². The van der Waals surface area contributed by atoms with Crippen LogP contribution in [0.4, 0.5) is 0 Å². The molecule has 4 heteroatoms. The Hall–Kier alpha value is -2.33. The van der Waals surface area contributed by atoms with Gasteiger partial charge in [0.1, 0.15) is 18.0 Å². The first kappa shape index (κ1) is 15.1. The Kier molecular flexibility index (Phi) is 4.60. The van der Waals surface area contributed by atoms with Gasteiger partial charge >= 0.3 is 0 Å². The maximum Gasteiger partial charge on any atom is 0.121 e. The predicted molar refractivity (Wildman–Crippen MR) is 81.9 cm³/mol. The highest BCUT2D eigenvalue weighted by atomic mass is 16.5. The Morgan fingerprint density at radius 2 is 1.71 bits per heavy atom. The molecule has 2 aromatic carbocycles. The van der Waals surface area contributed by atoms with E-state index in [1.807, 2.05) is 42.5 Å². The molecule has 0 spiro atoms. The zero-order chi connectivity index (χ0) is 15.3. The van der Waals surface area contributed by atoms with E-state index < -0.39 is 5.60 Å². The molecule has 1 atom stereocenters. The fourth-order valence-corrected chi connectivity index (χ4v) is 1.95. The second kappa shape index (κ2) is 6.41. The molecule has 2 rings (SSSR count). The van der Waals surface area contributed by atoms with Crippen molar-refractivity contribution in [3.63, 3.8) is 0 Å². The Balaban J connectivity index is 2.03. The average Bonchev–Trinajstić information content (AvgIpc) is 2.53. The minimum absolute atomic E-state index is 0.156. The highest BCUT2D eigenvalue weighted by Gasteiger charge is 2.23. The van der Waals surface area contributed by atoms with Crippen LogP contribution in [0.5, 0.6) is 5.75 Å². The third-order valence-electron chi connectivity index (χ3n) is 3.34. The lowest BCUT2D eigenvalue weighted by molar-refractivity contribution is 0.00760. The molecular formula is C17H19NO3. The Morgan fingerprint density at radius 1 is 1.10 bits per heavy atom. The molecule has 2 aromatic rings. The molecular weight excluding hydrogens is 266 g/mol. The van der Waals surface area contributed by atoms with E-state index in [-0.39, 0.29) is 6.61 Å². The van der Waals surface area contributed by atoms with Crippen LogP contribution >= 0.6 is 0 Å². The van der Waals surface area contributed by atoms with E-state index in [1.165, 1.54) is 0 Å². The summed E-state index contributed by atoms with van der Waals surface area (Å²) in [4.78, 5) is 0. The van der Waals surface area contributed by atoms with Crippen molar-refractivity contribution in [2.75, 3.05) is 6.61 Å². The van der Waals surface area contributed by atoms with Crippen LogP contribution in [0, 0.1) is 0 Å². The molecule has 0 radical (unpaired) electrons. The molecule has 0 aromatic heterocycles. The van der Waals surface area contributed by atoms with Crippen molar-refractivity contribution in [3.8, 4) is 5.75 Å². The molecule has 0 heterocycles. The molecule has 0 fully saturated rings. The molecule has 21 heavy (non-hydrogen) atoms. The number of benzene rings is 2. The molecule has 1 unspecified atom stereocenters. The quantitative estimate of drug-likeness (QED) is 0.504. The molecule has 0 saturated heterocycles. The van der Waals surface area contributed by atoms with Gasteiger partial charge in [0, 0.05) is 0 Å². The molecule has 0 aliphatic heterocycles. The number of oxime groups is 1. The van der Waals surface area contributed by atoms with E-state index in [4.69, 9.17) is 9.94 Å². The van der Waals surface area contributed by atoms with Crippen LogP contribution in [0.2, 0.25) is 0 Å². The van der Waals surface area contributed by atoms with Crippen LogP contribution in [0.25, 0.3) is 0 Å². The van der Waals surface area contributed by atoms with Crippen molar-refractivity contribution in [2.45, 2.75) is 19.4 Å². The second-order valence-corrected chi connectivity index (χ2v) is 5.14. The van der Waals surface area contributed by atoms with E-state index in [9.17, 15) is 5.11 Å². The van der Waals surface area contributed by atoms with Gasteiger partial charge in [0.15, 0.2) is 0 Å². The summed E-state index contributed by atoms with van der Waals surface area (Å²) in [6, 6.07) is 16.6. The number of nitrogens with zero attached hydrogens (tertiary/aromatic N) is 1. The van der Waals surface area contributed by atoms with Crippen LogP contribution in [-0.2, 0) is 5.60 Å². The Labute approximate surface area is 124 Å². The van der Waals surface area contributed by atoms with E-state index in [0.717, 1.165) is 11.1 Å². The number of rotatable bonds is 5. The van der Waals surface area contributed by atoms with Gasteiger partial charge in [-0.15, -0.1) is 0 Å². The molecule has 2 N–H and O–H groups in total. The van der Waals surface area contributed by atoms with Gasteiger partial charge in [0.2, 0.25) is 0 Å². The lowest BCUT2D eigenvalue weighted by atomic mass is 9.97. The van der Waals surface area contributed by atoms with Crippen molar-refractivity contribution >= 4 is 5.71 Å². The molecule has 0 bridgehead atoms. The van der Waals surface area contributed by atoms with Crippen LogP contribution in [-0.4, -0.2) is 22.6 Å². The van der Waals surface area contributed by atoms with Gasteiger partial charge < -0.3 is 15.1 Å². The number of hydrogen-bond acceptors (Lipinski definition) is 4. The Bertz CT molecular complexity index is 604. The molecule has 0 aliphatic carbocycles. The van der Waals surface area contributed by atoms with Crippen LogP contribution in [0.15, 0.2) is 59.8 Å². The molecule has 0 saturated carbocycles. The largest absolute Gasteiger partial charge is 0.490 e. The predicted octanol–water partition coefficient (Wildman–Crippen LogP) is 3.17. The summed E-state index contributed by atoms with van der Waals surface area (Å²) >= 11 is 0. The van der Waals surface area contributed by atoms with Gasteiger partial charge in [0.25, 0.3) is 0 Å². The minimum Gasteiger partial charge on any atom is -0.490 e. The lowest BCUT2D eigenvalue weighted by Gasteiger charge is -2.24. The van der Waals surface area contributed by atoms with Crippen molar-refractivity contribution in [1.82, 2.24) is 0 Å². The van der Waals surface area contributed by atoms with Gasteiger partial charge in [0.05, 0.1) is 5.71 Å². The first-order chi connectivity index (χ1) is 10.0. The van der Waals surface area contributed by atoms with Crippen LogP contribution in [0.1, 0.15) is 25.0 Å². The number of aliphatic hydroxyl groups is 1. The average molecular weight is 285 g/mol. The SMILES string of the molecule is CC(=NO)c1ccc(OCC(C)(O)c2ccccc2)cc1. The van der Waals surface area contributed by atoms with E-state index in [0.29, 0.717) is 11.5 Å².